The van der Waals surface area contributed by atoms with Crippen molar-refractivity contribution >= 4 is 0 Å². The molecule has 0 aliphatic rings. The fraction of sp³-hybridized carbons (Fsp3) is 0.538. The van der Waals surface area contributed by atoms with Gasteiger partial charge in [0.2, 0.25) is 0 Å². The predicted octanol–water partition coefficient (Wildman–Crippen LogP) is 2.92. The summed E-state index contributed by atoms with van der Waals surface area (Å²) in [5.74, 6) is 0. The van der Waals surface area contributed by atoms with Gasteiger partial charge in [0.15, 0.2) is 6.29 Å². The van der Waals surface area contributed by atoms with Crippen LogP contribution in [-0.2, 0) is 21.3 Å². The molecule has 1 rings (SSSR count). The van der Waals surface area contributed by atoms with Crippen LogP contribution >= 0.6 is 0 Å². The van der Waals surface area contributed by atoms with Crippen molar-refractivity contribution in [3.63, 3.8) is 0 Å². The van der Waals surface area contributed by atoms with Gasteiger partial charge in [-0.1, -0.05) is 12.1 Å². The van der Waals surface area contributed by atoms with Gasteiger partial charge in [-0.2, -0.15) is 13.2 Å². The Bertz CT molecular complexity index is 412. The van der Waals surface area contributed by atoms with E-state index in [1.165, 1.54) is 33.3 Å². The van der Waals surface area contributed by atoms with Crippen LogP contribution in [0.1, 0.15) is 24.5 Å². The fourth-order valence-corrected chi connectivity index (χ4v) is 1.74. The van der Waals surface area contributed by atoms with Crippen molar-refractivity contribution < 1.29 is 27.8 Å². The lowest BCUT2D eigenvalue weighted by Gasteiger charge is -2.28. The molecule has 0 amide bonds. The molecule has 1 aromatic rings. The SMILES string of the molecule is COC(CC(C)(O)c1cccc(C(F)(F)F)c1)OC. The van der Waals surface area contributed by atoms with Crippen LogP contribution in [0.3, 0.4) is 0 Å². The van der Waals surface area contributed by atoms with Gasteiger partial charge >= 0.3 is 6.18 Å². The smallest absolute Gasteiger partial charge is 0.385 e. The summed E-state index contributed by atoms with van der Waals surface area (Å²) in [6.45, 7) is 1.42. The van der Waals surface area contributed by atoms with Crippen molar-refractivity contribution in [2.75, 3.05) is 14.2 Å². The molecule has 0 fully saturated rings. The predicted molar refractivity (Wildman–Crippen MR) is 63.4 cm³/mol. The molecule has 108 valence electrons. The molecular weight excluding hydrogens is 261 g/mol. The number of methoxy groups -OCH3 is 2. The molecule has 0 aliphatic heterocycles. The molecule has 0 aromatic heterocycles. The van der Waals surface area contributed by atoms with Gasteiger partial charge in [-0.15, -0.1) is 0 Å². The van der Waals surface area contributed by atoms with E-state index in [0.717, 1.165) is 12.1 Å². The molecule has 1 aromatic carbocycles. The number of hydrogen-bond donors (Lipinski definition) is 1. The van der Waals surface area contributed by atoms with E-state index >= 15 is 0 Å². The molecule has 0 aliphatic carbocycles. The highest BCUT2D eigenvalue weighted by atomic mass is 19.4. The summed E-state index contributed by atoms with van der Waals surface area (Å²) in [4.78, 5) is 0. The normalized spacial score (nSPS) is 15.6. The van der Waals surface area contributed by atoms with Crippen LogP contribution in [0.25, 0.3) is 0 Å². The van der Waals surface area contributed by atoms with Crippen molar-refractivity contribution in [2.45, 2.75) is 31.4 Å². The Morgan fingerprint density at radius 1 is 1.16 bits per heavy atom. The minimum atomic E-state index is -4.44. The number of benzene rings is 1. The van der Waals surface area contributed by atoms with E-state index < -0.39 is 23.6 Å². The Morgan fingerprint density at radius 3 is 2.16 bits per heavy atom. The van der Waals surface area contributed by atoms with Crippen molar-refractivity contribution in [3.8, 4) is 0 Å². The number of ether oxygens (including phenoxy) is 2. The summed E-state index contributed by atoms with van der Waals surface area (Å²) in [5.41, 5.74) is -2.10. The summed E-state index contributed by atoms with van der Waals surface area (Å²) in [7, 11) is 2.80. The van der Waals surface area contributed by atoms with Gasteiger partial charge in [-0.05, 0) is 24.6 Å². The lowest BCUT2D eigenvalue weighted by molar-refractivity contribution is -0.143. The molecule has 1 N–H and O–H groups in total. The average Bonchev–Trinajstić information content (AvgIpc) is 2.35. The maximum Gasteiger partial charge on any atom is 0.416 e. The van der Waals surface area contributed by atoms with Crippen molar-refractivity contribution in [1.29, 1.82) is 0 Å². The summed E-state index contributed by atoms with van der Waals surface area (Å²) < 4.78 is 47.8. The van der Waals surface area contributed by atoms with Crippen LogP contribution in [0.2, 0.25) is 0 Å². The topological polar surface area (TPSA) is 38.7 Å². The van der Waals surface area contributed by atoms with Gasteiger partial charge in [0.25, 0.3) is 0 Å². The van der Waals surface area contributed by atoms with E-state index in [9.17, 15) is 18.3 Å². The molecule has 0 spiro atoms. The van der Waals surface area contributed by atoms with Crippen molar-refractivity contribution in [1.82, 2.24) is 0 Å². The second kappa shape index (κ2) is 5.90. The largest absolute Gasteiger partial charge is 0.416 e. The van der Waals surface area contributed by atoms with Crippen molar-refractivity contribution in [3.05, 3.63) is 35.4 Å². The molecule has 6 heteroatoms. The van der Waals surface area contributed by atoms with Gasteiger partial charge < -0.3 is 14.6 Å². The quantitative estimate of drug-likeness (QED) is 0.842. The second-order valence-corrected chi connectivity index (χ2v) is 4.46. The number of rotatable bonds is 5. The molecule has 0 bridgehead atoms. The van der Waals surface area contributed by atoms with Gasteiger partial charge in [0.1, 0.15) is 0 Å². The Hall–Kier alpha value is -1.11. The van der Waals surface area contributed by atoms with Gasteiger partial charge in [-0.3, -0.25) is 0 Å². The van der Waals surface area contributed by atoms with Crippen LogP contribution in [0.5, 0.6) is 0 Å². The van der Waals surface area contributed by atoms with Crippen LogP contribution in [0.15, 0.2) is 24.3 Å². The first-order valence-electron chi connectivity index (χ1n) is 5.66. The Balaban J connectivity index is 3.01. The Labute approximate surface area is 110 Å². The second-order valence-electron chi connectivity index (χ2n) is 4.46. The molecule has 3 nitrogen and oxygen atoms in total. The molecule has 1 atom stereocenters. The zero-order valence-corrected chi connectivity index (χ0v) is 11.0. The van der Waals surface area contributed by atoms with E-state index in [1.54, 1.807) is 0 Å². The van der Waals surface area contributed by atoms with Crippen LogP contribution in [0, 0.1) is 0 Å². The van der Waals surface area contributed by atoms with E-state index in [1.807, 2.05) is 0 Å². The number of hydrogen-bond acceptors (Lipinski definition) is 3. The number of aliphatic hydroxyl groups is 1. The third-order valence-corrected chi connectivity index (χ3v) is 2.90. The Morgan fingerprint density at radius 2 is 1.68 bits per heavy atom. The van der Waals surface area contributed by atoms with Gasteiger partial charge in [0, 0.05) is 20.6 Å². The minimum Gasteiger partial charge on any atom is -0.385 e. The Kier molecular flexibility index (Phi) is 4.95. The third kappa shape index (κ3) is 4.19. The maximum atomic E-state index is 12.6. The highest BCUT2D eigenvalue weighted by molar-refractivity contribution is 5.29. The van der Waals surface area contributed by atoms with Gasteiger partial charge in [0.05, 0.1) is 11.2 Å². The molecule has 19 heavy (non-hydrogen) atoms. The van der Waals surface area contributed by atoms with Gasteiger partial charge in [-0.25, -0.2) is 0 Å². The fourth-order valence-electron chi connectivity index (χ4n) is 1.74. The lowest BCUT2D eigenvalue weighted by atomic mass is 9.91. The van der Waals surface area contributed by atoms with E-state index in [2.05, 4.69) is 0 Å². The summed E-state index contributed by atoms with van der Waals surface area (Å²) in [5, 5.41) is 10.3. The number of alkyl halides is 3. The molecule has 1 unspecified atom stereocenters. The zero-order valence-electron chi connectivity index (χ0n) is 11.0. The highest BCUT2D eigenvalue weighted by Gasteiger charge is 2.33. The summed E-state index contributed by atoms with van der Waals surface area (Å²) in [6.07, 6.45) is -5.10. The van der Waals surface area contributed by atoms with Crippen LogP contribution < -0.4 is 0 Å². The lowest BCUT2D eigenvalue weighted by Crippen LogP contribution is -2.30. The standard InChI is InChI=1S/C13H17F3O3/c1-12(17,8-11(18-2)19-3)9-5-4-6-10(7-9)13(14,15)16/h4-7,11,17H,8H2,1-3H3. The molecule has 0 radical (unpaired) electrons. The minimum absolute atomic E-state index is 0.0291. The van der Waals surface area contributed by atoms with E-state index in [0.29, 0.717) is 0 Å². The highest BCUT2D eigenvalue weighted by Crippen LogP contribution is 2.33. The van der Waals surface area contributed by atoms with Crippen LogP contribution in [-0.4, -0.2) is 25.6 Å². The molecule has 0 heterocycles. The monoisotopic (exact) mass is 278 g/mol. The average molecular weight is 278 g/mol. The first-order chi connectivity index (χ1) is 8.70. The summed E-state index contributed by atoms with van der Waals surface area (Å²) >= 11 is 0. The first-order valence-corrected chi connectivity index (χ1v) is 5.66. The summed E-state index contributed by atoms with van der Waals surface area (Å²) in [6, 6.07) is 4.60. The first kappa shape index (κ1) is 15.9. The molecule has 0 saturated carbocycles. The molecule has 0 saturated heterocycles. The third-order valence-electron chi connectivity index (χ3n) is 2.90. The number of halogens is 3. The van der Waals surface area contributed by atoms with Crippen LogP contribution in [0.4, 0.5) is 13.2 Å². The zero-order chi connectivity index (χ0) is 14.7. The van der Waals surface area contributed by atoms with Crippen molar-refractivity contribution in [2.24, 2.45) is 0 Å². The van der Waals surface area contributed by atoms with E-state index in [-0.39, 0.29) is 12.0 Å². The molecular formula is C13H17F3O3. The van der Waals surface area contributed by atoms with E-state index in [4.69, 9.17) is 9.47 Å². The maximum absolute atomic E-state index is 12.6.